The van der Waals surface area contributed by atoms with Gasteiger partial charge in [-0.1, -0.05) is 13.3 Å². The molecule has 1 atom stereocenters. The molecule has 0 heterocycles. The summed E-state index contributed by atoms with van der Waals surface area (Å²) in [6.45, 7) is 3.95. The van der Waals surface area contributed by atoms with Crippen molar-refractivity contribution in [1.82, 2.24) is 0 Å². The summed E-state index contributed by atoms with van der Waals surface area (Å²) in [5.41, 5.74) is 0. The molecule has 1 unspecified atom stereocenters. The van der Waals surface area contributed by atoms with E-state index in [1.807, 2.05) is 6.66 Å². The second kappa shape index (κ2) is 3.89. The highest BCUT2D eigenvalue weighted by atomic mass is 127. The summed E-state index contributed by atoms with van der Waals surface area (Å²) in [6.07, 6.45) is 3.17. The van der Waals surface area contributed by atoms with Crippen molar-refractivity contribution in [1.29, 1.82) is 0 Å². The Morgan fingerprint density at radius 1 is 1.62 bits per heavy atom. The molecule has 0 aliphatic rings. The van der Waals surface area contributed by atoms with Gasteiger partial charge in [0.05, 0.1) is 0 Å². The van der Waals surface area contributed by atoms with Crippen molar-refractivity contribution < 1.29 is 4.57 Å². The topological polar surface area (TPSA) is 17.1 Å². The fourth-order valence-electron chi connectivity index (χ4n) is 0.441. The van der Waals surface area contributed by atoms with Gasteiger partial charge < -0.3 is 4.57 Å². The Kier molecular flexibility index (Phi) is 4.35. The van der Waals surface area contributed by atoms with Crippen LogP contribution in [-0.2, 0) is 4.57 Å². The van der Waals surface area contributed by atoms with Gasteiger partial charge in [0, 0.05) is 6.16 Å². The Bertz CT molecular complexity index is 96.6. The summed E-state index contributed by atoms with van der Waals surface area (Å²) in [5, 5.41) is 0. The van der Waals surface area contributed by atoms with E-state index >= 15 is 0 Å². The van der Waals surface area contributed by atoms with Crippen molar-refractivity contribution in [3.8, 4) is 0 Å². The van der Waals surface area contributed by atoms with E-state index in [0.29, 0.717) is 0 Å². The molecular formula is C5H12IOP. The molecule has 0 bridgehead atoms. The first-order valence-electron chi connectivity index (χ1n) is 2.82. The zero-order chi connectivity index (χ0) is 6.62. The van der Waals surface area contributed by atoms with Crippen LogP contribution in [0.5, 0.6) is 0 Å². The Hall–Kier alpha value is 0.960. The summed E-state index contributed by atoms with van der Waals surface area (Å²) in [6, 6.07) is 0. The molecule has 1 nitrogen and oxygen atoms in total. The molecule has 8 heavy (non-hydrogen) atoms. The quantitative estimate of drug-likeness (QED) is 0.552. The maximum atomic E-state index is 11.0. The average Bonchev–Trinajstić information content (AvgIpc) is 1.59. The number of halogens is 1. The van der Waals surface area contributed by atoms with Gasteiger partial charge in [0.1, 0.15) is 4.78 Å². The number of hydrogen-bond acceptors (Lipinski definition) is 1. The van der Waals surface area contributed by atoms with E-state index in [-0.39, 0.29) is 0 Å². The van der Waals surface area contributed by atoms with Gasteiger partial charge in [-0.05, 0) is 35.1 Å². The zero-order valence-corrected chi connectivity index (χ0v) is 8.41. The Balaban J connectivity index is 3.26. The van der Waals surface area contributed by atoms with Crippen molar-refractivity contribution in [2.75, 3.05) is 12.8 Å². The normalized spacial score (nSPS) is 17.9. The predicted molar refractivity (Wildman–Crippen MR) is 47.3 cm³/mol. The Morgan fingerprint density at radius 2 is 2.12 bits per heavy atom. The minimum Gasteiger partial charge on any atom is -0.313 e. The Labute approximate surface area is 64.1 Å². The predicted octanol–water partition coefficient (Wildman–Crippen LogP) is 3.13. The molecule has 0 aromatic heterocycles. The molecule has 0 fully saturated rings. The molecule has 0 aromatic rings. The van der Waals surface area contributed by atoms with Crippen molar-refractivity contribution in [3.05, 3.63) is 0 Å². The molecule has 0 aliphatic heterocycles. The van der Waals surface area contributed by atoms with Crippen molar-refractivity contribution in [3.63, 3.8) is 0 Å². The molecule has 0 spiro atoms. The van der Waals surface area contributed by atoms with Gasteiger partial charge in [-0.25, -0.2) is 0 Å². The molecular weight excluding hydrogens is 234 g/mol. The van der Waals surface area contributed by atoms with Gasteiger partial charge in [0.25, 0.3) is 0 Å². The second-order valence-corrected chi connectivity index (χ2v) is 10.6. The number of unbranched alkanes of at least 4 members (excludes halogenated alkanes) is 1. The highest BCUT2D eigenvalue weighted by Crippen LogP contribution is 2.50. The van der Waals surface area contributed by atoms with E-state index in [1.54, 1.807) is 0 Å². The van der Waals surface area contributed by atoms with Crippen molar-refractivity contribution in [2.24, 2.45) is 0 Å². The zero-order valence-electron chi connectivity index (χ0n) is 5.35. The molecule has 0 radical (unpaired) electrons. The fraction of sp³-hybridized carbons (Fsp3) is 1.00. The van der Waals surface area contributed by atoms with Crippen LogP contribution in [0.3, 0.4) is 0 Å². The summed E-state index contributed by atoms with van der Waals surface area (Å²) in [5.74, 6) is 0. The highest BCUT2D eigenvalue weighted by molar-refractivity contribution is 14.2. The van der Waals surface area contributed by atoms with Crippen molar-refractivity contribution >= 4 is 26.8 Å². The van der Waals surface area contributed by atoms with Gasteiger partial charge in [-0.2, -0.15) is 0 Å². The molecule has 0 aromatic carbocycles. The van der Waals surface area contributed by atoms with Crippen LogP contribution >= 0.6 is 26.8 Å². The highest BCUT2D eigenvalue weighted by Gasteiger charge is 2.06. The molecule has 0 rings (SSSR count). The number of hydrogen-bond donors (Lipinski definition) is 0. The third kappa shape index (κ3) is 6.96. The van der Waals surface area contributed by atoms with E-state index in [9.17, 15) is 4.57 Å². The summed E-state index contributed by atoms with van der Waals surface area (Å²) in [7, 11) is 0. The minimum atomic E-state index is -1.71. The molecule has 0 amide bonds. The summed E-state index contributed by atoms with van der Waals surface area (Å²) < 4.78 is 11.0. The molecule has 0 aliphatic carbocycles. The van der Waals surface area contributed by atoms with E-state index in [0.717, 1.165) is 19.0 Å². The first kappa shape index (κ1) is 8.96. The van der Waals surface area contributed by atoms with Gasteiger partial charge >= 0.3 is 0 Å². The fourth-order valence-corrected chi connectivity index (χ4v) is 2.35. The third-order valence-electron chi connectivity index (χ3n) is 0.911. The van der Waals surface area contributed by atoms with Gasteiger partial charge in [0.15, 0.2) is 0 Å². The SMILES string of the molecule is CCCCP(C)(=O)I. The largest absolute Gasteiger partial charge is 0.313 e. The van der Waals surface area contributed by atoms with Crippen LogP contribution in [0.25, 0.3) is 0 Å². The van der Waals surface area contributed by atoms with E-state index in [2.05, 4.69) is 29.0 Å². The first-order chi connectivity index (χ1) is 3.56. The van der Waals surface area contributed by atoms with E-state index in [4.69, 9.17) is 0 Å². The summed E-state index contributed by atoms with van der Waals surface area (Å²) in [4.78, 5) is -1.71. The maximum Gasteiger partial charge on any atom is 0.140 e. The molecule has 50 valence electrons. The summed E-state index contributed by atoms with van der Waals surface area (Å²) >= 11 is 2.06. The smallest absolute Gasteiger partial charge is 0.140 e. The van der Waals surface area contributed by atoms with Crippen LogP contribution in [0.15, 0.2) is 0 Å². The lowest BCUT2D eigenvalue weighted by molar-refractivity contribution is 0.588. The Morgan fingerprint density at radius 3 is 2.25 bits per heavy atom. The molecule has 0 N–H and O–H groups in total. The van der Waals surface area contributed by atoms with Gasteiger partial charge in [-0.3, -0.25) is 0 Å². The van der Waals surface area contributed by atoms with Gasteiger partial charge in [-0.15, -0.1) is 0 Å². The van der Waals surface area contributed by atoms with Crippen LogP contribution in [0.1, 0.15) is 19.8 Å². The average molecular weight is 246 g/mol. The standard InChI is InChI=1S/C5H12IOP/c1-3-4-5-8(2,6)7/h3-5H2,1-2H3. The molecule has 0 saturated carbocycles. The molecule has 3 heteroatoms. The monoisotopic (exact) mass is 246 g/mol. The first-order valence-corrected chi connectivity index (χ1v) is 7.95. The van der Waals surface area contributed by atoms with Crippen LogP contribution in [0.2, 0.25) is 0 Å². The van der Waals surface area contributed by atoms with Gasteiger partial charge in [0.2, 0.25) is 0 Å². The van der Waals surface area contributed by atoms with E-state index < -0.39 is 4.78 Å². The maximum absolute atomic E-state index is 11.0. The lowest BCUT2D eigenvalue weighted by Gasteiger charge is -1.99. The lowest BCUT2D eigenvalue weighted by atomic mass is 10.4. The van der Waals surface area contributed by atoms with Crippen LogP contribution < -0.4 is 0 Å². The van der Waals surface area contributed by atoms with Crippen molar-refractivity contribution in [2.45, 2.75) is 19.8 Å². The number of rotatable bonds is 3. The van der Waals surface area contributed by atoms with Crippen LogP contribution in [-0.4, -0.2) is 12.8 Å². The van der Waals surface area contributed by atoms with Crippen LogP contribution in [0, 0.1) is 0 Å². The molecule has 0 saturated heterocycles. The van der Waals surface area contributed by atoms with E-state index in [1.165, 1.54) is 0 Å². The second-order valence-electron chi connectivity index (χ2n) is 2.06. The lowest BCUT2D eigenvalue weighted by Crippen LogP contribution is -1.78. The van der Waals surface area contributed by atoms with Crippen LogP contribution in [0.4, 0.5) is 0 Å². The minimum absolute atomic E-state index is 0.907. The third-order valence-corrected chi connectivity index (χ3v) is 3.47.